The van der Waals surface area contributed by atoms with Crippen molar-refractivity contribution in [3.05, 3.63) is 52.9 Å². The monoisotopic (exact) mass is 294 g/mol. The summed E-state index contributed by atoms with van der Waals surface area (Å²) < 4.78 is 41.4. The summed E-state index contributed by atoms with van der Waals surface area (Å²) in [6.07, 6.45) is -4.78. The SMILES string of the molecule is O=c1[nH]c2cccc(-c3ccccc3OC(F)(F)F)c2[nH]1. The number of hydrogen-bond donors (Lipinski definition) is 2. The zero-order valence-electron chi connectivity index (χ0n) is 10.5. The lowest BCUT2D eigenvalue weighted by molar-refractivity contribution is -0.274. The molecule has 3 rings (SSSR count). The third-order valence-corrected chi connectivity index (χ3v) is 2.95. The second-order valence-electron chi connectivity index (χ2n) is 4.35. The third-order valence-electron chi connectivity index (χ3n) is 2.95. The van der Waals surface area contributed by atoms with E-state index in [1.54, 1.807) is 24.3 Å². The largest absolute Gasteiger partial charge is 0.573 e. The van der Waals surface area contributed by atoms with E-state index in [2.05, 4.69) is 14.7 Å². The molecule has 3 aromatic rings. The lowest BCUT2D eigenvalue weighted by Gasteiger charge is -2.13. The van der Waals surface area contributed by atoms with Crippen LogP contribution in [0.4, 0.5) is 13.2 Å². The van der Waals surface area contributed by atoms with Crippen molar-refractivity contribution >= 4 is 11.0 Å². The average molecular weight is 294 g/mol. The minimum Gasteiger partial charge on any atom is -0.405 e. The van der Waals surface area contributed by atoms with Crippen LogP contribution in [0.2, 0.25) is 0 Å². The molecule has 0 fully saturated rings. The Bertz CT molecular complexity index is 849. The molecule has 1 aromatic heterocycles. The summed E-state index contributed by atoms with van der Waals surface area (Å²) in [4.78, 5) is 16.5. The minimum atomic E-state index is -4.78. The summed E-state index contributed by atoms with van der Waals surface area (Å²) in [5, 5.41) is 0. The van der Waals surface area contributed by atoms with Crippen LogP contribution in [0, 0.1) is 0 Å². The van der Waals surface area contributed by atoms with Gasteiger partial charge < -0.3 is 14.7 Å². The van der Waals surface area contributed by atoms with Crippen LogP contribution in [0.25, 0.3) is 22.2 Å². The Morgan fingerprint density at radius 2 is 1.62 bits per heavy atom. The molecule has 0 unspecified atom stereocenters. The van der Waals surface area contributed by atoms with Gasteiger partial charge >= 0.3 is 12.1 Å². The summed E-state index contributed by atoms with van der Waals surface area (Å²) in [5.41, 5.74) is 1.22. The Labute approximate surface area is 116 Å². The van der Waals surface area contributed by atoms with Gasteiger partial charge in [0.2, 0.25) is 0 Å². The molecule has 0 atom stereocenters. The van der Waals surface area contributed by atoms with Gasteiger partial charge in [0.15, 0.2) is 0 Å². The molecule has 0 aliphatic carbocycles. The molecule has 0 spiro atoms. The second-order valence-corrected chi connectivity index (χ2v) is 4.35. The lowest BCUT2D eigenvalue weighted by Crippen LogP contribution is -2.17. The number of para-hydroxylation sites is 2. The fourth-order valence-corrected chi connectivity index (χ4v) is 2.19. The van der Waals surface area contributed by atoms with Crippen LogP contribution in [0.3, 0.4) is 0 Å². The molecule has 0 aliphatic rings. The summed E-state index contributed by atoms with van der Waals surface area (Å²) >= 11 is 0. The van der Waals surface area contributed by atoms with Crippen molar-refractivity contribution < 1.29 is 17.9 Å². The number of imidazole rings is 1. The van der Waals surface area contributed by atoms with Crippen LogP contribution >= 0.6 is 0 Å². The van der Waals surface area contributed by atoms with E-state index in [1.807, 2.05) is 0 Å². The topological polar surface area (TPSA) is 57.9 Å². The maximum Gasteiger partial charge on any atom is 0.573 e. The number of rotatable bonds is 2. The number of nitrogens with one attached hydrogen (secondary N) is 2. The van der Waals surface area contributed by atoms with Gasteiger partial charge in [0.05, 0.1) is 11.0 Å². The van der Waals surface area contributed by atoms with Gasteiger partial charge in [-0.05, 0) is 12.1 Å². The van der Waals surface area contributed by atoms with E-state index in [4.69, 9.17) is 0 Å². The van der Waals surface area contributed by atoms with Gasteiger partial charge in [0, 0.05) is 11.1 Å². The fraction of sp³-hybridized carbons (Fsp3) is 0.0714. The molecule has 0 aliphatic heterocycles. The van der Waals surface area contributed by atoms with Crippen molar-refractivity contribution in [1.82, 2.24) is 9.97 Å². The molecule has 4 nitrogen and oxygen atoms in total. The van der Waals surface area contributed by atoms with Gasteiger partial charge in [-0.1, -0.05) is 30.3 Å². The predicted molar refractivity (Wildman–Crippen MR) is 71.0 cm³/mol. The van der Waals surface area contributed by atoms with Crippen LogP contribution in [-0.2, 0) is 0 Å². The number of halogens is 3. The fourth-order valence-electron chi connectivity index (χ4n) is 2.19. The smallest absolute Gasteiger partial charge is 0.405 e. The molecule has 1 heterocycles. The highest BCUT2D eigenvalue weighted by atomic mass is 19.4. The third kappa shape index (κ3) is 2.62. The minimum absolute atomic E-state index is 0.246. The molecule has 0 amide bonds. The Kier molecular flexibility index (Phi) is 2.97. The first-order chi connectivity index (χ1) is 9.94. The Morgan fingerprint density at radius 3 is 2.38 bits per heavy atom. The highest BCUT2D eigenvalue weighted by Crippen LogP contribution is 2.36. The average Bonchev–Trinajstić information content (AvgIpc) is 2.77. The van der Waals surface area contributed by atoms with Crippen LogP contribution in [0.15, 0.2) is 47.3 Å². The molecule has 0 saturated heterocycles. The molecular formula is C14H9F3N2O2. The Balaban J connectivity index is 2.21. The maximum atomic E-state index is 12.5. The zero-order valence-corrected chi connectivity index (χ0v) is 10.5. The number of ether oxygens (including phenoxy) is 1. The first-order valence-electron chi connectivity index (χ1n) is 6.00. The van der Waals surface area contributed by atoms with E-state index in [1.165, 1.54) is 18.2 Å². The molecule has 2 aromatic carbocycles. The van der Waals surface area contributed by atoms with E-state index < -0.39 is 12.1 Å². The highest BCUT2D eigenvalue weighted by Gasteiger charge is 2.32. The molecular weight excluding hydrogens is 285 g/mol. The van der Waals surface area contributed by atoms with Gasteiger partial charge in [-0.15, -0.1) is 13.2 Å². The van der Waals surface area contributed by atoms with E-state index in [0.29, 0.717) is 16.6 Å². The molecule has 108 valence electrons. The molecule has 21 heavy (non-hydrogen) atoms. The van der Waals surface area contributed by atoms with Gasteiger partial charge in [-0.25, -0.2) is 4.79 Å². The number of benzene rings is 2. The van der Waals surface area contributed by atoms with Crippen LogP contribution in [0.5, 0.6) is 5.75 Å². The van der Waals surface area contributed by atoms with Crippen molar-refractivity contribution in [2.24, 2.45) is 0 Å². The van der Waals surface area contributed by atoms with Gasteiger partial charge in [0.1, 0.15) is 5.75 Å². The number of fused-ring (bicyclic) bond motifs is 1. The standard InChI is InChI=1S/C14H9F3N2O2/c15-14(16,17)21-11-7-2-1-4-8(11)9-5-3-6-10-12(9)19-13(20)18-10/h1-7H,(H2,18,19,20). The molecule has 2 N–H and O–H groups in total. The van der Waals surface area contributed by atoms with Gasteiger partial charge in [0.25, 0.3) is 0 Å². The van der Waals surface area contributed by atoms with E-state index in [0.717, 1.165) is 0 Å². The normalized spacial score (nSPS) is 11.8. The Hall–Kier alpha value is -2.70. The van der Waals surface area contributed by atoms with Crippen molar-refractivity contribution in [1.29, 1.82) is 0 Å². The first kappa shape index (κ1) is 13.3. The maximum absolute atomic E-state index is 12.5. The molecule has 0 radical (unpaired) electrons. The van der Waals surface area contributed by atoms with Crippen LogP contribution < -0.4 is 10.4 Å². The number of hydrogen-bond acceptors (Lipinski definition) is 2. The number of H-pyrrole nitrogens is 2. The van der Waals surface area contributed by atoms with Gasteiger partial charge in [-0.2, -0.15) is 0 Å². The number of aromatic nitrogens is 2. The van der Waals surface area contributed by atoms with Crippen molar-refractivity contribution in [2.75, 3.05) is 0 Å². The quantitative estimate of drug-likeness (QED) is 0.761. The summed E-state index contributed by atoms with van der Waals surface area (Å²) in [6.45, 7) is 0. The number of alkyl halides is 3. The zero-order chi connectivity index (χ0) is 15.0. The molecule has 0 bridgehead atoms. The Morgan fingerprint density at radius 1 is 0.905 bits per heavy atom. The second kappa shape index (κ2) is 4.69. The van der Waals surface area contributed by atoms with E-state index in [9.17, 15) is 18.0 Å². The molecule has 7 heteroatoms. The van der Waals surface area contributed by atoms with Crippen molar-refractivity contribution in [2.45, 2.75) is 6.36 Å². The van der Waals surface area contributed by atoms with Crippen LogP contribution in [0.1, 0.15) is 0 Å². The van der Waals surface area contributed by atoms with E-state index in [-0.39, 0.29) is 11.3 Å². The van der Waals surface area contributed by atoms with E-state index >= 15 is 0 Å². The molecule has 0 saturated carbocycles. The summed E-state index contributed by atoms with van der Waals surface area (Å²) in [7, 11) is 0. The predicted octanol–water partition coefficient (Wildman–Crippen LogP) is 3.42. The van der Waals surface area contributed by atoms with Crippen molar-refractivity contribution in [3.8, 4) is 16.9 Å². The summed E-state index contributed by atoms with van der Waals surface area (Å²) in [6, 6.07) is 10.7. The highest BCUT2D eigenvalue weighted by molar-refractivity contribution is 5.93. The van der Waals surface area contributed by atoms with Crippen LogP contribution in [-0.4, -0.2) is 16.3 Å². The summed E-state index contributed by atoms with van der Waals surface area (Å²) in [5.74, 6) is -0.320. The van der Waals surface area contributed by atoms with Crippen molar-refractivity contribution in [3.63, 3.8) is 0 Å². The number of aromatic amines is 2. The lowest BCUT2D eigenvalue weighted by atomic mass is 10.0. The van der Waals surface area contributed by atoms with Gasteiger partial charge in [-0.3, -0.25) is 0 Å². The first-order valence-corrected chi connectivity index (χ1v) is 6.00.